The Bertz CT molecular complexity index is 806. The zero-order valence-electron chi connectivity index (χ0n) is 17.0. The van der Waals surface area contributed by atoms with Crippen LogP contribution in [0.4, 0.5) is 5.95 Å². The molecule has 2 fully saturated rings. The normalized spacial score (nSPS) is 23.0. The van der Waals surface area contributed by atoms with E-state index in [0.29, 0.717) is 19.6 Å². The lowest BCUT2D eigenvalue weighted by molar-refractivity contribution is -0.131. The van der Waals surface area contributed by atoms with E-state index in [2.05, 4.69) is 24.9 Å². The van der Waals surface area contributed by atoms with Crippen LogP contribution in [0.3, 0.4) is 0 Å². The molecule has 0 bridgehead atoms. The Labute approximate surface area is 170 Å². The number of aryl methyl sites for hydroxylation is 1. The zero-order valence-corrected chi connectivity index (χ0v) is 17.0. The molecule has 2 unspecified atom stereocenters. The van der Waals surface area contributed by atoms with E-state index in [4.69, 9.17) is 9.26 Å². The molecular formula is C20H28N6O3. The van der Waals surface area contributed by atoms with Gasteiger partial charge in [-0.25, -0.2) is 9.97 Å². The monoisotopic (exact) mass is 400 g/mol. The fourth-order valence-electron chi connectivity index (χ4n) is 4.13. The summed E-state index contributed by atoms with van der Waals surface area (Å²) in [6, 6.07) is 3.77. The fourth-order valence-corrected chi connectivity index (χ4v) is 4.13. The maximum atomic E-state index is 12.9. The Morgan fingerprint density at radius 2 is 1.97 bits per heavy atom. The molecule has 0 aliphatic carbocycles. The Morgan fingerprint density at radius 1 is 1.21 bits per heavy atom. The van der Waals surface area contributed by atoms with Gasteiger partial charge >= 0.3 is 0 Å². The standard InChI is InChI=1S/C20H28N6O3/c1-15-10-17(29-23-15)11-16-12-26(13-18(16)28-2)19(27)14-24-6-8-25(9-7-24)20-21-4-3-5-22-20/h3-5,10,16,18H,6-9,11-14H2,1-2H3. The number of carbonyl (C=O) groups excluding carboxylic acids is 1. The topological polar surface area (TPSA) is 87.8 Å². The molecule has 0 aromatic carbocycles. The van der Waals surface area contributed by atoms with Crippen molar-refractivity contribution in [3.63, 3.8) is 0 Å². The molecule has 4 rings (SSSR count). The van der Waals surface area contributed by atoms with E-state index in [1.54, 1.807) is 19.5 Å². The van der Waals surface area contributed by atoms with Crippen LogP contribution >= 0.6 is 0 Å². The summed E-state index contributed by atoms with van der Waals surface area (Å²) < 4.78 is 11.0. The third-order valence-electron chi connectivity index (χ3n) is 5.74. The molecule has 2 aliphatic rings. The summed E-state index contributed by atoms with van der Waals surface area (Å²) in [5, 5.41) is 3.95. The van der Waals surface area contributed by atoms with Gasteiger partial charge in [-0.3, -0.25) is 9.69 Å². The zero-order chi connectivity index (χ0) is 20.2. The maximum Gasteiger partial charge on any atom is 0.236 e. The third-order valence-corrected chi connectivity index (χ3v) is 5.74. The number of amides is 1. The predicted octanol–water partition coefficient (Wildman–Crippen LogP) is 0.611. The van der Waals surface area contributed by atoms with Gasteiger partial charge in [0, 0.05) is 77.2 Å². The average Bonchev–Trinajstić information content (AvgIpc) is 3.35. The Morgan fingerprint density at radius 3 is 2.62 bits per heavy atom. The van der Waals surface area contributed by atoms with Crippen molar-refractivity contribution < 1.29 is 14.1 Å². The molecule has 2 aromatic heterocycles. The molecule has 29 heavy (non-hydrogen) atoms. The number of hydrogen-bond acceptors (Lipinski definition) is 8. The van der Waals surface area contributed by atoms with Gasteiger partial charge in [-0.1, -0.05) is 5.16 Å². The molecule has 1 amide bonds. The highest BCUT2D eigenvalue weighted by Gasteiger charge is 2.36. The van der Waals surface area contributed by atoms with Crippen molar-refractivity contribution in [2.24, 2.45) is 5.92 Å². The third kappa shape index (κ3) is 4.73. The highest BCUT2D eigenvalue weighted by atomic mass is 16.5. The second-order valence-corrected chi connectivity index (χ2v) is 7.78. The van der Waals surface area contributed by atoms with Crippen LogP contribution in [0.15, 0.2) is 29.0 Å². The van der Waals surface area contributed by atoms with Crippen molar-refractivity contribution >= 4 is 11.9 Å². The summed E-state index contributed by atoms with van der Waals surface area (Å²) >= 11 is 0. The highest BCUT2D eigenvalue weighted by Crippen LogP contribution is 2.24. The first kappa shape index (κ1) is 19.8. The molecular weight excluding hydrogens is 372 g/mol. The molecule has 2 aromatic rings. The molecule has 0 N–H and O–H groups in total. The number of nitrogens with zero attached hydrogens (tertiary/aromatic N) is 6. The van der Waals surface area contributed by atoms with Crippen LogP contribution in [-0.4, -0.2) is 89.9 Å². The Balaban J connectivity index is 1.27. The number of likely N-dealkylation sites (tertiary alicyclic amines) is 1. The first-order valence-corrected chi connectivity index (χ1v) is 10.1. The summed E-state index contributed by atoms with van der Waals surface area (Å²) in [4.78, 5) is 27.8. The van der Waals surface area contributed by atoms with Crippen molar-refractivity contribution in [1.82, 2.24) is 24.9 Å². The molecule has 9 heteroatoms. The van der Waals surface area contributed by atoms with E-state index in [9.17, 15) is 4.79 Å². The second kappa shape index (κ2) is 8.87. The van der Waals surface area contributed by atoms with Crippen molar-refractivity contribution in [1.29, 1.82) is 0 Å². The Kier molecular flexibility index (Phi) is 6.05. The minimum atomic E-state index is 0.0245. The molecule has 0 saturated carbocycles. The lowest BCUT2D eigenvalue weighted by atomic mass is 10.0. The van der Waals surface area contributed by atoms with Gasteiger partial charge in [0.1, 0.15) is 5.76 Å². The number of anilines is 1. The SMILES string of the molecule is COC1CN(C(=O)CN2CCN(c3ncccn3)CC2)CC1Cc1cc(C)no1. The molecule has 0 spiro atoms. The van der Waals surface area contributed by atoms with E-state index < -0.39 is 0 Å². The largest absolute Gasteiger partial charge is 0.379 e. The van der Waals surface area contributed by atoms with E-state index in [0.717, 1.165) is 50.0 Å². The van der Waals surface area contributed by atoms with Crippen molar-refractivity contribution in [2.45, 2.75) is 19.4 Å². The molecule has 2 saturated heterocycles. The van der Waals surface area contributed by atoms with Gasteiger partial charge in [0.05, 0.1) is 18.3 Å². The highest BCUT2D eigenvalue weighted by molar-refractivity contribution is 5.78. The van der Waals surface area contributed by atoms with Crippen LogP contribution in [0, 0.1) is 12.8 Å². The lowest BCUT2D eigenvalue weighted by Gasteiger charge is -2.34. The number of hydrogen-bond donors (Lipinski definition) is 0. The van der Waals surface area contributed by atoms with Gasteiger partial charge in [0.2, 0.25) is 11.9 Å². The molecule has 2 aliphatic heterocycles. The van der Waals surface area contributed by atoms with Gasteiger partial charge in [-0.15, -0.1) is 0 Å². The van der Waals surface area contributed by atoms with E-state index in [1.165, 1.54) is 0 Å². The van der Waals surface area contributed by atoms with Crippen molar-refractivity contribution in [3.05, 3.63) is 36.0 Å². The van der Waals surface area contributed by atoms with Gasteiger partial charge < -0.3 is 19.1 Å². The number of aromatic nitrogens is 3. The summed E-state index contributed by atoms with van der Waals surface area (Å²) in [5.74, 6) is 1.99. The smallest absolute Gasteiger partial charge is 0.236 e. The maximum absolute atomic E-state index is 12.9. The van der Waals surface area contributed by atoms with E-state index >= 15 is 0 Å². The second-order valence-electron chi connectivity index (χ2n) is 7.78. The van der Waals surface area contributed by atoms with Crippen LogP contribution in [0.2, 0.25) is 0 Å². The number of methoxy groups -OCH3 is 1. The summed E-state index contributed by atoms with van der Waals surface area (Å²) in [6.07, 6.45) is 4.28. The minimum Gasteiger partial charge on any atom is -0.379 e. The average molecular weight is 400 g/mol. The molecule has 4 heterocycles. The van der Waals surface area contributed by atoms with Gasteiger partial charge in [0.15, 0.2) is 0 Å². The molecule has 156 valence electrons. The van der Waals surface area contributed by atoms with Crippen LogP contribution in [0.25, 0.3) is 0 Å². The lowest BCUT2D eigenvalue weighted by Crippen LogP contribution is -2.50. The van der Waals surface area contributed by atoms with Crippen LogP contribution in [-0.2, 0) is 16.0 Å². The summed E-state index contributed by atoms with van der Waals surface area (Å²) in [6.45, 7) is 6.97. The quantitative estimate of drug-likeness (QED) is 0.697. The number of rotatable bonds is 6. The van der Waals surface area contributed by atoms with Crippen molar-refractivity contribution in [3.8, 4) is 0 Å². The first-order chi connectivity index (χ1) is 14.1. The van der Waals surface area contributed by atoms with Crippen LogP contribution in [0.1, 0.15) is 11.5 Å². The Hall–Kier alpha value is -2.52. The molecule has 9 nitrogen and oxygen atoms in total. The molecule has 0 radical (unpaired) electrons. The van der Waals surface area contributed by atoms with E-state index in [-0.39, 0.29) is 17.9 Å². The van der Waals surface area contributed by atoms with Gasteiger partial charge in [0.25, 0.3) is 0 Å². The van der Waals surface area contributed by atoms with Crippen LogP contribution < -0.4 is 4.90 Å². The number of carbonyl (C=O) groups is 1. The minimum absolute atomic E-state index is 0.0245. The van der Waals surface area contributed by atoms with Gasteiger partial charge in [-0.2, -0.15) is 0 Å². The summed E-state index contributed by atoms with van der Waals surface area (Å²) in [5.41, 5.74) is 0.875. The predicted molar refractivity (Wildman–Crippen MR) is 106 cm³/mol. The summed E-state index contributed by atoms with van der Waals surface area (Å²) in [7, 11) is 1.71. The number of ether oxygens (including phenoxy) is 1. The number of piperazine rings is 1. The molecule has 2 atom stereocenters. The van der Waals surface area contributed by atoms with Gasteiger partial charge in [-0.05, 0) is 13.0 Å². The van der Waals surface area contributed by atoms with Crippen molar-refractivity contribution in [2.75, 3.05) is 57.8 Å². The fraction of sp³-hybridized carbons (Fsp3) is 0.600. The van der Waals surface area contributed by atoms with E-state index in [1.807, 2.05) is 24.0 Å². The van der Waals surface area contributed by atoms with Crippen LogP contribution in [0.5, 0.6) is 0 Å². The first-order valence-electron chi connectivity index (χ1n) is 10.1.